The maximum Gasteiger partial charge on any atom is 0.307 e. The number of hydrogen-bond donors (Lipinski definition) is 2. The third kappa shape index (κ3) is 2.82. The molecule has 5 heteroatoms. The van der Waals surface area contributed by atoms with Crippen LogP contribution in [0.25, 0.3) is 0 Å². The molecular weight excluding hydrogens is 254 g/mol. The highest BCUT2D eigenvalue weighted by Crippen LogP contribution is 2.39. The largest absolute Gasteiger partial charge is 0.481 e. The number of carbonyl (C=O) groups excluding carboxylic acids is 1. The lowest BCUT2D eigenvalue weighted by Gasteiger charge is -2.14. The van der Waals surface area contributed by atoms with Crippen LogP contribution in [0, 0.1) is 11.8 Å². The predicted octanol–water partition coefficient (Wildman–Crippen LogP) is 2.24. The van der Waals surface area contributed by atoms with Crippen LogP contribution in [-0.4, -0.2) is 17.0 Å². The van der Waals surface area contributed by atoms with E-state index >= 15 is 0 Å². The molecule has 0 unspecified atom stereocenters. The van der Waals surface area contributed by atoms with E-state index in [1.807, 2.05) is 19.1 Å². The van der Waals surface area contributed by atoms with E-state index in [2.05, 4.69) is 5.32 Å². The number of carboxylic acids is 1. The Hall–Kier alpha value is -1.55. The van der Waals surface area contributed by atoms with Crippen molar-refractivity contribution in [1.82, 2.24) is 5.32 Å². The maximum atomic E-state index is 11.8. The highest BCUT2D eigenvalue weighted by molar-refractivity contribution is 6.30. The van der Waals surface area contributed by atoms with Crippen LogP contribution in [0.15, 0.2) is 24.3 Å². The lowest BCUT2D eigenvalue weighted by atomic mass is 10.1. The summed E-state index contributed by atoms with van der Waals surface area (Å²) in [7, 11) is 0. The zero-order valence-electron chi connectivity index (χ0n) is 9.89. The molecule has 2 N–H and O–H groups in total. The molecule has 4 nitrogen and oxygen atoms in total. The number of benzene rings is 1. The fourth-order valence-corrected chi connectivity index (χ4v) is 2.14. The van der Waals surface area contributed by atoms with Gasteiger partial charge in [-0.3, -0.25) is 9.59 Å². The van der Waals surface area contributed by atoms with Crippen molar-refractivity contribution in [1.29, 1.82) is 0 Å². The number of hydrogen-bond acceptors (Lipinski definition) is 2. The molecule has 1 fully saturated rings. The first-order valence-electron chi connectivity index (χ1n) is 5.77. The minimum absolute atomic E-state index is 0.175. The molecule has 0 saturated heterocycles. The molecule has 1 aromatic carbocycles. The highest BCUT2D eigenvalue weighted by atomic mass is 35.5. The summed E-state index contributed by atoms with van der Waals surface area (Å²) in [5.41, 5.74) is 0.906. The molecule has 96 valence electrons. The van der Waals surface area contributed by atoms with Crippen LogP contribution in [0.3, 0.4) is 0 Å². The van der Waals surface area contributed by atoms with Gasteiger partial charge in [-0.25, -0.2) is 0 Å². The Morgan fingerprint density at radius 3 is 2.72 bits per heavy atom. The zero-order valence-corrected chi connectivity index (χ0v) is 10.6. The monoisotopic (exact) mass is 267 g/mol. The molecule has 1 aromatic rings. The van der Waals surface area contributed by atoms with Crippen LogP contribution in [-0.2, 0) is 9.59 Å². The SMILES string of the molecule is C[C@@H](NC(=O)[C@@H]1C[C@H]1C(=O)O)c1cccc(Cl)c1. The standard InChI is InChI=1S/C13H14ClNO3/c1-7(8-3-2-4-9(14)5-8)15-12(16)10-6-11(10)13(17)18/h2-5,7,10-11H,6H2,1H3,(H,15,16)(H,17,18)/t7-,10-,11-/m1/s1. The van der Waals surface area contributed by atoms with Gasteiger partial charge in [0.05, 0.1) is 17.9 Å². The summed E-state index contributed by atoms with van der Waals surface area (Å²) in [5.74, 6) is -2.00. The number of amides is 1. The van der Waals surface area contributed by atoms with E-state index in [0.29, 0.717) is 11.4 Å². The summed E-state index contributed by atoms with van der Waals surface area (Å²) in [4.78, 5) is 22.5. The first-order valence-corrected chi connectivity index (χ1v) is 6.15. The summed E-state index contributed by atoms with van der Waals surface area (Å²) in [6, 6.07) is 7.07. The van der Waals surface area contributed by atoms with Crippen LogP contribution in [0.4, 0.5) is 0 Å². The van der Waals surface area contributed by atoms with Gasteiger partial charge in [0.1, 0.15) is 0 Å². The second kappa shape index (κ2) is 4.98. The first-order chi connectivity index (χ1) is 8.49. The van der Waals surface area contributed by atoms with Crippen molar-refractivity contribution in [2.45, 2.75) is 19.4 Å². The average molecular weight is 268 g/mol. The summed E-state index contributed by atoms with van der Waals surface area (Å²) < 4.78 is 0. The van der Waals surface area contributed by atoms with Gasteiger partial charge < -0.3 is 10.4 Å². The quantitative estimate of drug-likeness (QED) is 0.879. The normalized spacial score (nSPS) is 23.2. The number of aliphatic carboxylic acids is 1. The van der Waals surface area contributed by atoms with Crippen molar-refractivity contribution >= 4 is 23.5 Å². The molecule has 3 atom stereocenters. The summed E-state index contributed by atoms with van der Waals surface area (Å²) in [6.45, 7) is 1.85. The van der Waals surface area contributed by atoms with Gasteiger partial charge in [0.15, 0.2) is 0 Å². The van der Waals surface area contributed by atoms with Crippen molar-refractivity contribution in [3.8, 4) is 0 Å². The molecule has 18 heavy (non-hydrogen) atoms. The molecule has 2 rings (SSSR count). The van der Waals surface area contributed by atoms with Gasteiger partial charge in [0.2, 0.25) is 5.91 Å². The molecule has 0 aromatic heterocycles. The van der Waals surface area contributed by atoms with E-state index in [1.54, 1.807) is 12.1 Å². The van der Waals surface area contributed by atoms with Crippen molar-refractivity contribution in [2.24, 2.45) is 11.8 Å². The number of halogens is 1. The minimum atomic E-state index is -0.898. The van der Waals surface area contributed by atoms with Gasteiger partial charge in [-0.1, -0.05) is 23.7 Å². The van der Waals surface area contributed by atoms with E-state index in [4.69, 9.17) is 16.7 Å². The molecule has 1 saturated carbocycles. The Morgan fingerprint density at radius 1 is 1.44 bits per heavy atom. The fraction of sp³-hybridized carbons (Fsp3) is 0.385. The van der Waals surface area contributed by atoms with Gasteiger partial charge >= 0.3 is 5.97 Å². The van der Waals surface area contributed by atoms with E-state index in [0.717, 1.165) is 5.56 Å². The smallest absolute Gasteiger partial charge is 0.307 e. The lowest BCUT2D eigenvalue weighted by molar-refractivity contribution is -0.140. The number of nitrogens with one attached hydrogen (secondary N) is 1. The summed E-state index contributed by atoms with van der Waals surface area (Å²) in [5, 5.41) is 12.2. The lowest BCUT2D eigenvalue weighted by Crippen LogP contribution is -2.29. The molecule has 0 heterocycles. The van der Waals surface area contributed by atoms with Crippen LogP contribution >= 0.6 is 11.6 Å². The molecule has 0 radical (unpaired) electrons. The molecule has 1 aliphatic rings. The van der Waals surface area contributed by atoms with Gasteiger partial charge in [0.25, 0.3) is 0 Å². The zero-order chi connectivity index (χ0) is 13.3. The first kappa shape index (κ1) is 12.9. The van der Waals surface area contributed by atoms with E-state index < -0.39 is 11.9 Å². The topological polar surface area (TPSA) is 66.4 Å². The van der Waals surface area contributed by atoms with Gasteiger partial charge in [0, 0.05) is 5.02 Å². The highest BCUT2D eigenvalue weighted by Gasteiger charge is 2.48. The van der Waals surface area contributed by atoms with E-state index in [-0.39, 0.29) is 17.9 Å². The molecule has 1 aliphatic carbocycles. The van der Waals surface area contributed by atoms with Crippen molar-refractivity contribution in [3.63, 3.8) is 0 Å². The maximum absolute atomic E-state index is 11.8. The average Bonchev–Trinajstić information content (AvgIpc) is 3.08. The fourth-order valence-electron chi connectivity index (χ4n) is 1.94. The summed E-state index contributed by atoms with van der Waals surface area (Å²) in [6.07, 6.45) is 0.434. The van der Waals surface area contributed by atoms with Crippen molar-refractivity contribution in [2.75, 3.05) is 0 Å². The van der Waals surface area contributed by atoms with Crippen LogP contribution in [0.2, 0.25) is 5.02 Å². The van der Waals surface area contributed by atoms with Gasteiger partial charge in [-0.2, -0.15) is 0 Å². The predicted molar refractivity (Wildman–Crippen MR) is 67.2 cm³/mol. The molecular formula is C13H14ClNO3. The Labute approximate surface area is 110 Å². The van der Waals surface area contributed by atoms with Crippen LogP contribution in [0.5, 0.6) is 0 Å². The van der Waals surface area contributed by atoms with Crippen molar-refractivity contribution < 1.29 is 14.7 Å². The number of rotatable bonds is 4. The van der Waals surface area contributed by atoms with Crippen LogP contribution < -0.4 is 5.32 Å². The van der Waals surface area contributed by atoms with E-state index in [9.17, 15) is 9.59 Å². The Kier molecular flexibility index (Phi) is 3.57. The Bertz CT molecular complexity index is 489. The van der Waals surface area contributed by atoms with Gasteiger partial charge in [-0.15, -0.1) is 0 Å². The van der Waals surface area contributed by atoms with Gasteiger partial charge in [-0.05, 0) is 31.0 Å². The molecule has 0 aliphatic heterocycles. The number of carbonyl (C=O) groups is 2. The molecule has 0 spiro atoms. The third-order valence-corrected chi connectivity index (χ3v) is 3.39. The Balaban J connectivity index is 1.94. The van der Waals surface area contributed by atoms with Crippen molar-refractivity contribution in [3.05, 3.63) is 34.9 Å². The molecule has 1 amide bonds. The third-order valence-electron chi connectivity index (χ3n) is 3.15. The van der Waals surface area contributed by atoms with Crippen LogP contribution in [0.1, 0.15) is 24.9 Å². The Morgan fingerprint density at radius 2 is 2.17 bits per heavy atom. The summed E-state index contributed by atoms with van der Waals surface area (Å²) >= 11 is 5.87. The molecule has 0 bridgehead atoms. The number of carboxylic acid groups (broad SMARTS) is 1. The second-order valence-electron chi connectivity index (χ2n) is 4.57. The second-order valence-corrected chi connectivity index (χ2v) is 5.01. The van der Waals surface area contributed by atoms with E-state index in [1.165, 1.54) is 0 Å². The minimum Gasteiger partial charge on any atom is -0.481 e.